The Labute approximate surface area is 141 Å². The van der Waals surface area contributed by atoms with Crippen LogP contribution >= 0.6 is 23.2 Å². The summed E-state index contributed by atoms with van der Waals surface area (Å²) in [6.45, 7) is -0.203. The Morgan fingerprint density at radius 1 is 1.04 bits per heavy atom. The third-order valence-electron chi connectivity index (χ3n) is 4.88. The molecule has 1 aliphatic carbocycles. The molecule has 1 heterocycles. The van der Waals surface area contributed by atoms with Gasteiger partial charge in [0.05, 0.1) is 6.42 Å². The van der Waals surface area contributed by atoms with Gasteiger partial charge in [-0.05, 0) is 24.1 Å². The maximum atomic E-state index is 12.4. The van der Waals surface area contributed by atoms with Gasteiger partial charge in [0.1, 0.15) is 10.8 Å². The molecule has 122 valence electrons. The molecule has 1 aromatic carbocycles. The zero-order valence-corrected chi connectivity index (χ0v) is 13.4. The molecular weight excluding hydrogens is 345 g/mol. The van der Waals surface area contributed by atoms with Crippen molar-refractivity contribution in [3.63, 3.8) is 0 Å². The Kier molecular flexibility index (Phi) is 3.57. The number of piperidine rings is 1. The molecule has 1 saturated carbocycles. The van der Waals surface area contributed by atoms with Crippen molar-refractivity contribution in [2.24, 2.45) is 10.8 Å². The molecule has 2 N–H and O–H groups in total. The molecule has 3 rings (SSSR count). The van der Waals surface area contributed by atoms with Crippen molar-refractivity contribution in [2.75, 3.05) is 13.1 Å². The number of carbonyl (C=O) groups is 3. The lowest BCUT2D eigenvalue weighted by Gasteiger charge is -2.20. The van der Waals surface area contributed by atoms with Crippen LogP contribution in [0.3, 0.4) is 0 Å². The molecule has 0 spiro atoms. The van der Waals surface area contributed by atoms with E-state index in [9.17, 15) is 24.6 Å². The highest BCUT2D eigenvalue weighted by molar-refractivity contribution is 6.36. The van der Waals surface area contributed by atoms with Crippen LogP contribution in [0, 0.1) is 10.8 Å². The number of carboxylic acids is 2. The molecule has 0 unspecified atom stereocenters. The molecule has 0 radical (unpaired) electrons. The van der Waals surface area contributed by atoms with Crippen LogP contribution in [0.15, 0.2) is 18.2 Å². The molecule has 1 aromatic rings. The number of likely N-dealkylation sites (tertiary alicyclic amines) is 1. The van der Waals surface area contributed by atoms with Crippen LogP contribution in [0.1, 0.15) is 12.0 Å². The lowest BCUT2D eigenvalue weighted by atomic mass is 9.97. The number of halogens is 2. The standard InChI is InChI=1S/C15H13Cl2NO5/c16-9-2-1-3-10(17)8(9)4-11(19)18-6-14(12(20)21)5-15(14,7-18)13(22)23/h1-3H,4-7H2,(H,20,21)(H,22,23)/t14-,15+. The van der Waals surface area contributed by atoms with Gasteiger partial charge in [0, 0.05) is 23.1 Å². The second-order valence-electron chi connectivity index (χ2n) is 6.08. The van der Waals surface area contributed by atoms with Crippen LogP contribution in [-0.4, -0.2) is 46.0 Å². The van der Waals surface area contributed by atoms with E-state index in [0.29, 0.717) is 15.6 Å². The van der Waals surface area contributed by atoms with E-state index in [-0.39, 0.29) is 31.8 Å². The molecule has 2 aliphatic rings. The van der Waals surface area contributed by atoms with Gasteiger partial charge in [0.15, 0.2) is 0 Å². The Bertz CT molecular complexity index is 688. The summed E-state index contributed by atoms with van der Waals surface area (Å²) in [5, 5.41) is 19.4. The van der Waals surface area contributed by atoms with Crippen molar-refractivity contribution >= 4 is 41.0 Å². The number of carbonyl (C=O) groups excluding carboxylic acids is 1. The van der Waals surface area contributed by atoms with Crippen molar-refractivity contribution in [2.45, 2.75) is 12.8 Å². The van der Waals surface area contributed by atoms with Gasteiger partial charge in [-0.15, -0.1) is 0 Å². The Morgan fingerprint density at radius 3 is 1.96 bits per heavy atom. The predicted molar refractivity (Wildman–Crippen MR) is 81.5 cm³/mol. The molecule has 23 heavy (non-hydrogen) atoms. The Balaban J connectivity index is 1.81. The minimum Gasteiger partial charge on any atom is -0.481 e. The van der Waals surface area contributed by atoms with Gasteiger partial charge in [-0.1, -0.05) is 29.3 Å². The van der Waals surface area contributed by atoms with Crippen molar-refractivity contribution in [3.05, 3.63) is 33.8 Å². The summed E-state index contributed by atoms with van der Waals surface area (Å²) in [6.07, 6.45) is -0.0365. The predicted octanol–water partition coefficient (Wildman–Crippen LogP) is 1.92. The van der Waals surface area contributed by atoms with E-state index in [2.05, 4.69) is 0 Å². The highest BCUT2D eigenvalue weighted by Crippen LogP contribution is 2.68. The number of benzene rings is 1. The lowest BCUT2D eigenvalue weighted by molar-refractivity contribution is -0.151. The molecule has 0 aromatic heterocycles. The van der Waals surface area contributed by atoms with Crippen LogP contribution in [0.25, 0.3) is 0 Å². The van der Waals surface area contributed by atoms with Gasteiger partial charge in [-0.25, -0.2) is 0 Å². The van der Waals surface area contributed by atoms with Gasteiger partial charge in [0.25, 0.3) is 0 Å². The summed E-state index contributed by atoms with van der Waals surface area (Å²) in [5.41, 5.74) is -2.30. The number of rotatable bonds is 4. The van der Waals surface area contributed by atoms with Crippen LogP contribution in [0.2, 0.25) is 10.0 Å². The van der Waals surface area contributed by atoms with Crippen LogP contribution in [0.4, 0.5) is 0 Å². The maximum absolute atomic E-state index is 12.4. The van der Waals surface area contributed by atoms with E-state index in [1.165, 1.54) is 4.90 Å². The summed E-state index contributed by atoms with van der Waals surface area (Å²) in [7, 11) is 0. The minimum absolute atomic E-state index is 0.0568. The summed E-state index contributed by atoms with van der Waals surface area (Å²) < 4.78 is 0. The highest BCUT2D eigenvalue weighted by atomic mass is 35.5. The molecule has 2 atom stereocenters. The van der Waals surface area contributed by atoms with Crippen LogP contribution in [-0.2, 0) is 20.8 Å². The van der Waals surface area contributed by atoms with E-state index in [0.717, 1.165) is 0 Å². The minimum atomic E-state index is -1.38. The van der Waals surface area contributed by atoms with Crippen molar-refractivity contribution in [1.29, 1.82) is 0 Å². The average Bonchev–Trinajstić information content (AvgIpc) is 3.02. The first-order valence-electron chi connectivity index (χ1n) is 6.91. The van der Waals surface area contributed by atoms with E-state index in [1.807, 2.05) is 0 Å². The third-order valence-corrected chi connectivity index (χ3v) is 5.59. The quantitative estimate of drug-likeness (QED) is 0.858. The summed E-state index contributed by atoms with van der Waals surface area (Å²) in [5.74, 6) is -2.73. The molecule has 1 saturated heterocycles. The molecule has 1 aliphatic heterocycles. The topological polar surface area (TPSA) is 94.9 Å². The number of hydrogen-bond acceptors (Lipinski definition) is 3. The third kappa shape index (κ3) is 2.20. The van der Waals surface area contributed by atoms with Crippen molar-refractivity contribution in [3.8, 4) is 0 Å². The fraction of sp³-hybridized carbons (Fsp3) is 0.400. The van der Waals surface area contributed by atoms with E-state index in [4.69, 9.17) is 23.2 Å². The Morgan fingerprint density at radius 2 is 1.52 bits per heavy atom. The van der Waals surface area contributed by atoms with Crippen LogP contribution in [0.5, 0.6) is 0 Å². The number of hydrogen-bond donors (Lipinski definition) is 2. The number of aliphatic carboxylic acids is 2. The normalized spacial score (nSPS) is 28.3. The Hall–Kier alpha value is -1.79. The van der Waals surface area contributed by atoms with Gasteiger partial charge in [0.2, 0.25) is 5.91 Å². The molecular formula is C15H13Cl2NO5. The number of fused-ring (bicyclic) bond motifs is 1. The smallest absolute Gasteiger partial charge is 0.312 e. The van der Waals surface area contributed by atoms with Gasteiger partial charge in [-0.3, -0.25) is 14.4 Å². The first-order valence-corrected chi connectivity index (χ1v) is 7.66. The highest BCUT2D eigenvalue weighted by Gasteiger charge is 2.81. The lowest BCUT2D eigenvalue weighted by Crippen LogP contribution is -2.35. The summed E-state index contributed by atoms with van der Waals surface area (Å²) >= 11 is 12.1. The number of carboxylic acid groups (broad SMARTS) is 2. The molecule has 1 amide bonds. The second-order valence-corrected chi connectivity index (χ2v) is 6.89. The molecule has 6 nitrogen and oxygen atoms in total. The van der Waals surface area contributed by atoms with Gasteiger partial charge < -0.3 is 15.1 Å². The summed E-state index contributed by atoms with van der Waals surface area (Å²) in [4.78, 5) is 36.7. The number of amides is 1. The summed E-state index contributed by atoms with van der Waals surface area (Å²) in [6, 6.07) is 4.87. The van der Waals surface area contributed by atoms with E-state index < -0.39 is 22.8 Å². The van der Waals surface area contributed by atoms with Crippen molar-refractivity contribution < 1.29 is 24.6 Å². The SMILES string of the molecule is O=C(Cc1c(Cl)cccc1Cl)N1C[C@@]2(C(=O)O)C[C@@]2(C(=O)O)C1. The monoisotopic (exact) mass is 357 g/mol. The van der Waals surface area contributed by atoms with Crippen molar-refractivity contribution in [1.82, 2.24) is 4.90 Å². The first kappa shape index (κ1) is 16.1. The zero-order chi connectivity index (χ0) is 17.0. The maximum Gasteiger partial charge on any atom is 0.312 e. The molecule has 2 fully saturated rings. The first-order chi connectivity index (χ1) is 10.7. The average molecular weight is 358 g/mol. The molecule has 8 heteroatoms. The van der Waals surface area contributed by atoms with E-state index in [1.54, 1.807) is 18.2 Å². The fourth-order valence-electron chi connectivity index (χ4n) is 3.43. The fourth-order valence-corrected chi connectivity index (χ4v) is 3.96. The van der Waals surface area contributed by atoms with Crippen LogP contribution < -0.4 is 0 Å². The van der Waals surface area contributed by atoms with Gasteiger partial charge >= 0.3 is 11.9 Å². The van der Waals surface area contributed by atoms with E-state index >= 15 is 0 Å². The second kappa shape index (κ2) is 5.11. The largest absolute Gasteiger partial charge is 0.481 e. The molecule has 0 bridgehead atoms. The number of nitrogens with zero attached hydrogens (tertiary/aromatic N) is 1. The van der Waals surface area contributed by atoms with Gasteiger partial charge in [-0.2, -0.15) is 0 Å². The zero-order valence-electron chi connectivity index (χ0n) is 11.9.